The van der Waals surface area contributed by atoms with Crippen molar-refractivity contribution in [1.29, 1.82) is 0 Å². The lowest BCUT2D eigenvalue weighted by atomic mass is 10.2. The molecule has 1 aliphatic heterocycles. The van der Waals surface area contributed by atoms with Crippen LogP contribution < -0.4 is 14.8 Å². The lowest BCUT2D eigenvalue weighted by Crippen LogP contribution is -2.09. The summed E-state index contributed by atoms with van der Waals surface area (Å²) in [6.45, 7) is 0.193. The quantitative estimate of drug-likeness (QED) is 0.874. The maximum atomic E-state index is 13.6. The van der Waals surface area contributed by atoms with E-state index in [2.05, 4.69) is 5.32 Å². The van der Waals surface area contributed by atoms with Gasteiger partial charge in [0.05, 0.1) is 5.69 Å². The number of rotatable bonds is 3. The van der Waals surface area contributed by atoms with Gasteiger partial charge < -0.3 is 14.8 Å². The molecule has 0 fully saturated rings. The van der Waals surface area contributed by atoms with Crippen molar-refractivity contribution in [3.63, 3.8) is 0 Å². The topological polar surface area (TPSA) is 47.6 Å². The molecule has 0 aromatic heterocycles. The summed E-state index contributed by atoms with van der Waals surface area (Å²) >= 11 is 5.65. The number of benzene rings is 2. The van der Waals surface area contributed by atoms with Gasteiger partial charge in [0.2, 0.25) is 12.7 Å². The van der Waals surface area contributed by atoms with Crippen LogP contribution >= 0.6 is 11.6 Å². The fourth-order valence-corrected chi connectivity index (χ4v) is 2.11. The molecule has 1 N–H and O–H groups in total. The third-order valence-electron chi connectivity index (χ3n) is 3.01. The highest BCUT2D eigenvalue weighted by atomic mass is 35.5. The largest absolute Gasteiger partial charge is 0.454 e. The van der Waals surface area contributed by atoms with Crippen LogP contribution in [0.25, 0.3) is 6.08 Å². The summed E-state index contributed by atoms with van der Waals surface area (Å²) in [5.74, 6) is 0.271. The summed E-state index contributed by atoms with van der Waals surface area (Å²) in [5, 5.41) is 2.71. The Labute approximate surface area is 131 Å². The Kier molecular flexibility index (Phi) is 3.98. The van der Waals surface area contributed by atoms with Crippen LogP contribution in [0.2, 0.25) is 5.02 Å². The normalized spacial score (nSPS) is 12.6. The van der Waals surface area contributed by atoms with E-state index < -0.39 is 11.7 Å². The third kappa shape index (κ3) is 3.20. The van der Waals surface area contributed by atoms with Crippen molar-refractivity contribution < 1.29 is 18.7 Å². The van der Waals surface area contributed by atoms with Crippen LogP contribution in [0.1, 0.15) is 5.56 Å². The van der Waals surface area contributed by atoms with E-state index in [0.29, 0.717) is 11.5 Å². The Hall–Kier alpha value is -2.53. The lowest BCUT2D eigenvalue weighted by molar-refractivity contribution is -0.111. The van der Waals surface area contributed by atoms with Gasteiger partial charge >= 0.3 is 0 Å². The van der Waals surface area contributed by atoms with Gasteiger partial charge in [0.15, 0.2) is 11.5 Å². The molecule has 1 heterocycles. The zero-order valence-electron chi connectivity index (χ0n) is 11.3. The summed E-state index contributed by atoms with van der Waals surface area (Å²) in [6.07, 6.45) is 2.91. The molecule has 0 saturated carbocycles. The van der Waals surface area contributed by atoms with Gasteiger partial charge in [-0.1, -0.05) is 17.7 Å². The van der Waals surface area contributed by atoms with Gasteiger partial charge in [-0.25, -0.2) is 4.39 Å². The molecule has 0 bridgehead atoms. The Morgan fingerprint density at radius 3 is 2.82 bits per heavy atom. The standard InChI is InChI=1S/C16H11ClFNO3/c17-11-3-4-13(12(18)8-11)19-16(20)6-2-10-1-5-14-15(7-10)22-9-21-14/h1-8H,9H2,(H,19,20). The van der Waals surface area contributed by atoms with E-state index in [4.69, 9.17) is 21.1 Å². The van der Waals surface area contributed by atoms with Crippen molar-refractivity contribution >= 4 is 29.3 Å². The number of carbonyl (C=O) groups excluding carboxylic acids is 1. The van der Waals surface area contributed by atoms with E-state index >= 15 is 0 Å². The molecule has 0 saturated heterocycles. The van der Waals surface area contributed by atoms with E-state index in [9.17, 15) is 9.18 Å². The van der Waals surface area contributed by atoms with E-state index in [1.807, 2.05) is 0 Å². The number of hydrogen-bond donors (Lipinski definition) is 1. The summed E-state index contributed by atoms with van der Waals surface area (Å²) in [5.41, 5.74) is 0.848. The molecule has 4 nitrogen and oxygen atoms in total. The molecule has 0 radical (unpaired) electrons. The Balaban J connectivity index is 1.68. The first kappa shape index (κ1) is 14.4. The number of halogens is 2. The SMILES string of the molecule is O=C(C=Cc1ccc2c(c1)OCO2)Nc1ccc(Cl)cc1F. The van der Waals surface area contributed by atoms with Crippen LogP contribution in [-0.4, -0.2) is 12.7 Å². The lowest BCUT2D eigenvalue weighted by Gasteiger charge is -2.04. The Morgan fingerprint density at radius 1 is 1.18 bits per heavy atom. The van der Waals surface area contributed by atoms with Crippen molar-refractivity contribution in [2.24, 2.45) is 0 Å². The number of amides is 1. The predicted molar refractivity (Wildman–Crippen MR) is 81.6 cm³/mol. The highest BCUT2D eigenvalue weighted by molar-refractivity contribution is 6.30. The fourth-order valence-electron chi connectivity index (χ4n) is 1.95. The molecule has 22 heavy (non-hydrogen) atoms. The van der Waals surface area contributed by atoms with Crippen LogP contribution in [-0.2, 0) is 4.79 Å². The van der Waals surface area contributed by atoms with Crippen molar-refractivity contribution in [1.82, 2.24) is 0 Å². The Morgan fingerprint density at radius 2 is 2.00 bits per heavy atom. The second kappa shape index (κ2) is 6.07. The first-order valence-electron chi connectivity index (χ1n) is 6.45. The molecule has 1 amide bonds. The van der Waals surface area contributed by atoms with Crippen molar-refractivity contribution in [3.8, 4) is 11.5 Å². The smallest absolute Gasteiger partial charge is 0.248 e. The maximum Gasteiger partial charge on any atom is 0.248 e. The van der Waals surface area contributed by atoms with Gasteiger partial charge in [0.25, 0.3) is 0 Å². The monoisotopic (exact) mass is 319 g/mol. The van der Waals surface area contributed by atoms with Crippen molar-refractivity contribution in [2.45, 2.75) is 0 Å². The molecule has 112 valence electrons. The van der Waals surface area contributed by atoms with Crippen LogP contribution in [0.15, 0.2) is 42.5 Å². The minimum absolute atomic E-state index is 0.0738. The second-order valence-corrected chi connectivity index (χ2v) is 5.00. The molecule has 0 aliphatic carbocycles. The van der Waals surface area contributed by atoms with Crippen molar-refractivity contribution in [2.75, 3.05) is 12.1 Å². The van der Waals surface area contributed by atoms with Crippen LogP contribution in [0.3, 0.4) is 0 Å². The maximum absolute atomic E-state index is 13.6. The molecule has 6 heteroatoms. The number of ether oxygens (including phenoxy) is 2. The average molecular weight is 320 g/mol. The van der Waals surface area contributed by atoms with E-state index in [1.54, 1.807) is 24.3 Å². The highest BCUT2D eigenvalue weighted by Crippen LogP contribution is 2.32. The highest BCUT2D eigenvalue weighted by Gasteiger charge is 2.12. The number of hydrogen-bond acceptors (Lipinski definition) is 3. The van der Waals surface area contributed by atoms with E-state index in [1.165, 1.54) is 18.2 Å². The Bertz CT molecular complexity index is 761. The van der Waals surface area contributed by atoms with E-state index in [0.717, 1.165) is 11.6 Å². The summed E-state index contributed by atoms with van der Waals surface area (Å²) in [4.78, 5) is 11.8. The molecule has 2 aromatic carbocycles. The number of nitrogens with one attached hydrogen (secondary N) is 1. The van der Waals surface area contributed by atoms with Gasteiger partial charge in [-0.05, 0) is 42.0 Å². The van der Waals surface area contributed by atoms with Crippen molar-refractivity contribution in [3.05, 3.63) is 58.9 Å². The van der Waals surface area contributed by atoms with E-state index in [-0.39, 0.29) is 17.5 Å². The van der Waals surface area contributed by atoms with Gasteiger partial charge in [-0.15, -0.1) is 0 Å². The zero-order chi connectivity index (χ0) is 15.5. The van der Waals surface area contributed by atoms with Gasteiger partial charge in [0, 0.05) is 11.1 Å². The molecular formula is C16H11ClFNO3. The summed E-state index contributed by atoms with van der Waals surface area (Å²) < 4.78 is 24.0. The second-order valence-electron chi connectivity index (χ2n) is 4.56. The molecule has 0 atom stereocenters. The number of carbonyl (C=O) groups is 1. The summed E-state index contributed by atoms with van der Waals surface area (Å²) in [6, 6.07) is 9.36. The minimum Gasteiger partial charge on any atom is -0.454 e. The predicted octanol–water partition coefficient (Wildman–Crippen LogP) is 3.86. The number of fused-ring (bicyclic) bond motifs is 1. The van der Waals surface area contributed by atoms with Crippen LogP contribution in [0.4, 0.5) is 10.1 Å². The van der Waals surface area contributed by atoms with Gasteiger partial charge in [-0.3, -0.25) is 4.79 Å². The van der Waals surface area contributed by atoms with Gasteiger partial charge in [0.1, 0.15) is 5.82 Å². The molecule has 2 aromatic rings. The van der Waals surface area contributed by atoms with Gasteiger partial charge in [-0.2, -0.15) is 0 Å². The third-order valence-corrected chi connectivity index (χ3v) is 3.25. The minimum atomic E-state index is -0.586. The molecule has 1 aliphatic rings. The van der Waals surface area contributed by atoms with Crippen LogP contribution in [0.5, 0.6) is 11.5 Å². The zero-order valence-corrected chi connectivity index (χ0v) is 12.1. The first-order chi connectivity index (χ1) is 10.6. The first-order valence-corrected chi connectivity index (χ1v) is 6.83. The summed E-state index contributed by atoms with van der Waals surface area (Å²) in [7, 11) is 0. The molecular weight excluding hydrogens is 309 g/mol. The molecule has 0 unspecified atom stereocenters. The molecule has 0 spiro atoms. The number of anilines is 1. The molecule has 3 rings (SSSR count). The average Bonchev–Trinajstić information content (AvgIpc) is 2.95. The van der Waals surface area contributed by atoms with Crippen LogP contribution in [0, 0.1) is 5.82 Å². The fraction of sp³-hybridized carbons (Fsp3) is 0.0625.